The molecule has 0 spiro atoms. The Bertz CT molecular complexity index is 1250. The van der Waals surface area contributed by atoms with Gasteiger partial charge in [0.1, 0.15) is 18.2 Å². The van der Waals surface area contributed by atoms with E-state index >= 15 is 0 Å². The Balaban J connectivity index is 1.54. The molecule has 4 aromatic rings. The van der Waals surface area contributed by atoms with E-state index in [4.69, 9.17) is 0 Å². The summed E-state index contributed by atoms with van der Waals surface area (Å²) in [5, 5.41) is 9.65. The number of nitrogens with one attached hydrogen (secondary N) is 2. The minimum atomic E-state index is -0.571. The number of fused-ring (bicyclic) bond motifs is 1. The van der Waals surface area contributed by atoms with E-state index in [1.54, 1.807) is 12.1 Å². The first-order chi connectivity index (χ1) is 14.0. The Morgan fingerprint density at radius 1 is 1.10 bits per heavy atom. The van der Waals surface area contributed by atoms with Crippen molar-refractivity contribution in [3.8, 4) is 0 Å². The SMILES string of the molecule is Cc1ccc(Nc2ccn3c(=O)n(CC(=O)Nc4ccccc4F)nc3n2)cc1. The van der Waals surface area contributed by atoms with Crippen LogP contribution < -0.4 is 16.3 Å². The topological polar surface area (TPSA) is 93.3 Å². The number of benzene rings is 2. The zero-order valence-corrected chi connectivity index (χ0v) is 15.5. The van der Waals surface area contributed by atoms with Gasteiger partial charge in [-0.3, -0.25) is 4.79 Å². The number of hydrogen-bond acceptors (Lipinski definition) is 5. The maximum absolute atomic E-state index is 13.7. The first kappa shape index (κ1) is 18.4. The van der Waals surface area contributed by atoms with E-state index in [0.29, 0.717) is 5.82 Å². The average molecular weight is 392 g/mol. The van der Waals surface area contributed by atoms with Gasteiger partial charge in [0, 0.05) is 11.9 Å². The Kier molecular flexibility index (Phi) is 4.78. The number of rotatable bonds is 5. The minimum Gasteiger partial charge on any atom is -0.340 e. The summed E-state index contributed by atoms with van der Waals surface area (Å²) in [5.74, 6) is -0.476. The van der Waals surface area contributed by atoms with E-state index < -0.39 is 17.4 Å². The fourth-order valence-electron chi connectivity index (χ4n) is 2.75. The molecule has 29 heavy (non-hydrogen) atoms. The van der Waals surface area contributed by atoms with Crippen molar-refractivity contribution in [2.45, 2.75) is 13.5 Å². The van der Waals surface area contributed by atoms with Gasteiger partial charge in [-0.25, -0.2) is 18.3 Å². The second-order valence-corrected chi connectivity index (χ2v) is 6.44. The monoisotopic (exact) mass is 392 g/mol. The van der Waals surface area contributed by atoms with Crippen LogP contribution in [0.4, 0.5) is 21.6 Å². The third-order valence-corrected chi connectivity index (χ3v) is 4.22. The van der Waals surface area contributed by atoms with Crippen molar-refractivity contribution in [2.24, 2.45) is 0 Å². The summed E-state index contributed by atoms with van der Waals surface area (Å²) in [4.78, 5) is 28.9. The van der Waals surface area contributed by atoms with E-state index in [9.17, 15) is 14.0 Å². The molecule has 0 fully saturated rings. The van der Waals surface area contributed by atoms with Crippen LogP contribution >= 0.6 is 0 Å². The number of para-hydroxylation sites is 1. The molecule has 0 bridgehead atoms. The average Bonchev–Trinajstić information content (AvgIpc) is 3.00. The number of anilines is 3. The van der Waals surface area contributed by atoms with E-state index in [1.807, 2.05) is 31.2 Å². The zero-order chi connectivity index (χ0) is 20.4. The Hall–Kier alpha value is -4.01. The maximum Gasteiger partial charge on any atom is 0.352 e. The van der Waals surface area contributed by atoms with Gasteiger partial charge in [0.15, 0.2) is 0 Å². The molecule has 0 atom stereocenters. The number of nitrogens with zero attached hydrogens (tertiary/aromatic N) is 4. The van der Waals surface area contributed by atoms with Crippen LogP contribution in [0.1, 0.15) is 5.56 Å². The van der Waals surface area contributed by atoms with Crippen molar-refractivity contribution >= 4 is 28.9 Å². The molecule has 2 heterocycles. The first-order valence-electron chi connectivity index (χ1n) is 8.84. The van der Waals surface area contributed by atoms with Crippen molar-refractivity contribution in [1.82, 2.24) is 19.2 Å². The van der Waals surface area contributed by atoms with E-state index in [2.05, 4.69) is 20.7 Å². The van der Waals surface area contributed by atoms with E-state index in [0.717, 1.165) is 15.9 Å². The summed E-state index contributed by atoms with van der Waals surface area (Å²) in [6.07, 6.45) is 1.53. The molecule has 0 aliphatic heterocycles. The maximum atomic E-state index is 13.7. The molecule has 0 saturated heterocycles. The van der Waals surface area contributed by atoms with Gasteiger partial charge in [-0.05, 0) is 37.3 Å². The number of halogens is 1. The molecule has 2 aromatic carbocycles. The molecule has 0 unspecified atom stereocenters. The quantitative estimate of drug-likeness (QED) is 0.545. The second kappa shape index (κ2) is 7.55. The van der Waals surface area contributed by atoms with Crippen molar-refractivity contribution in [3.05, 3.63) is 82.7 Å². The molecule has 0 radical (unpaired) electrons. The highest BCUT2D eigenvalue weighted by atomic mass is 19.1. The molecule has 9 heteroatoms. The van der Waals surface area contributed by atoms with Crippen LogP contribution in [0.5, 0.6) is 0 Å². The number of carbonyl (C=O) groups is 1. The molecule has 4 rings (SSSR count). The standard InChI is InChI=1S/C20H17FN6O2/c1-13-6-8-14(9-7-13)22-17-10-11-26-19(24-17)25-27(20(26)29)12-18(28)23-16-5-3-2-4-15(16)21/h2-11H,12H2,1H3,(H,23,28)(H,22,24,25). The number of amides is 1. The number of carbonyl (C=O) groups excluding carboxylic acids is 1. The highest BCUT2D eigenvalue weighted by Crippen LogP contribution is 2.15. The third kappa shape index (κ3) is 3.98. The lowest BCUT2D eigenvalue weighted by molar-refractivity contribution is -0.117. The summed E-state index contributed by atoms with van der Waals surface area (Å²) in [6, 6.07) is 15.2. The van der Waals surface area contributed by atoms with Gasteiger partial charge in [-0.1, -0.05) is 29.8 Å². The molecular formula is C20H17FN6O2. The normalized spacial score (nSPS) is 10.8. The van der Waals surface area contributed by atoms with E-state index in [-0.39, 0.29) is 18.0 Å². The summed E-state index contributed by atoms with van der Waals surface area (Å²) in [6.45, 7) is 1.63. The smallest absolute Gasteiger partial charge is 0.340 e. The zero-order valence-electron chi connectivity index (χ0n) is 15.5. The van der Waals surface area contributed by atoms with Crippen LogP contribution in [0.2, 0.25) is 0 Å². The van der Waals surface area contributed by atoms with Crippen LogP contribution in [0.15, 0.2) is 65.6 Å². The van der Waals surface area contributed by atoms with Crippen molar-refractivity contribution in [3.63, 3.8) is 0 Å². The number of hydrogen-bond donors (Lipinski definition) is 2. The van der Waals surface area contributed by atoms with Crippen LogP contribution in [0, 0.1) is 12.7 Å². The van der Waals surface area contributed by atoms with Gasteiger partial charge in [-0.2, -0.15) is 4.98 Å². The summed E-state index contributed by atoms with van der Waals surface area (Å²) < 4.78 is 15.9. The van der Waals surface area contributed by atoms with Crippen LogP contribution in [0.25, 0.3) is 5.78 Å². The van der Waals surface area contributed by atoms with Gasteiger partial charge in [0.2, 0.25) is 5.91 Å². The molecule has 0 saturated carbocycles. The lowest BCUT2D eigenvalue weighted by Gasteiger charge is -2.05. The van der Waals surface area contributed by atoms with Crippen molar-refractivity contribution in [1.29, 1.82) is 0 Å². The molecule has 0 aliphatic rings. The number of aromatic nitrogens is 4. The molecule has 2 aromatic heterocycles. The predicted octanol–water partition coefficient (Wildman–Crippen LogP) is 2.72. The fraction of sp³-hybridized carbons (Fsp3) is 0.100. The third-order valence-electron chi connectivity index (χ3n) is 4.22. The second-order valence-electron chi connectivity index (χ2n) is 6.44. The summed E-state index contributed by atoms with van der Waals surface area (Å²) in [7, 11) is 0. The largest absolute Gasteiger partial charge is 0.352 e. The van der Waals surface area contributed by atoms with Gasteiger partial charge >= 0.3 is 5.69 Å². The Morgan fingerprint density at radius 2 is 1.86 bits per heavy atom. The molecule has 0 aliphatic carbocycles. The van der Waals surface area contributed by atoms with E-state index in [1.165, 1.54) is 28.8 Å². The van der Waals surface area contributed by atoms with Crippen LogP contribution in [0.3, 0.4) is 0 Å². The van der Waals surface area contributed by atoms with Gasteiger partial charge in [0.05, 0.1) is 5.69 Å². The molecule has 146 valence electrons. The van der Waals surface area contributed by atoms with Crippen LogP contribution in [-0.2, 0) is 11.3 Å². The molecule has 1 amide bonds. The lowest BCUT2D eigenvalue weighted by atomic mass is 10.2. The fourth-order valence-corrected chi connectivity index (χ4v) is 2.75. The first-order valence-corrected chi connectivity index (χ1v) is 8.84. The molecule has 8 nitrogen and oxygen atoms in total. The highest BCUT2D eigenvalue weighted by Gasteiger charge is 2.13. The number of aryl methyl sites for hydroxylation is 1. The Labute approximate surface area is 164 Å². The van der Waals surface area contributed by atoms with Crippen molar-refractivity contribution < 1.29 is 9.18 Å². The Morgan fingerprint density at radius 3 is 2.62 bits per heavy atom. The summed E-state index contributed by atoms with van der Waals surface area (Å²) in [5.41, 5.74) is 1.51. The molecule has 2 N–H and O–H groups in total. The lowest BCUT2D eigenvalue weighted by Crippen LogP contribution is -2.28. The van der Waals surface area contributed by atoms with Gasteiger partial charge in [-0.15, -0.1) is 5.10 Å². The van der Waals surface area contributed by atoms with Gasteiger partial charge in [0.25, 0.3) is 5.78 Å². The highest BCUT2D eigenvalue weighted by molar-refractivity contribution is 5.90. The summed E-state index contributed by atoms with van der Waals surface area (Å²) >= 11 is 0. The van der Waals surface area contributed by atoms with Gasteiger partial charge < -0.3 is 10.6 Å². The minimum absolute atomic E-state index is 0.0389. The van der Waals surface area contributed by atoms with Crippen molar-refractivity contribution in [2.75, 3.05) is 10.6 Å². The van der Waals surface area contributed by atoms with Crippen LogP contribution in [-0.4, -0.2) is 25.1 Å². The molecular weight excluding hydrogens is 375 g/mol. The predicted molar refractivity (Wildman–Crippen MR) is 107 cm³/mol.